The highest BCUT2D eigenvalue weighted by atomic mass is 16.4. The molecule has 1 saturated carbocycles. The molecule has 0 amide bonds. The Kier molecular flexibility index (Phi) is 11.5. The molecule has 0 aromatic carbocycles. The molecule has 13 nitrogen and oxygen atoms in total. The van der Waals surface area contributed by atoms with Crippen LogP contribution >= 0.6 is 0 Å². The van der Waals surface area contributed by atoms with Crippen LogP contribution in [0.15, 0.2) is 0 Å². The van der Waals surface area contributed by atoms with Gasteiger partial charge in [0.1, 0.15) is 0 Å². The number of aliphatic carboxylic acids is 5. The largest absolute Gasteiger partial charge is 0.480 e. The molecule has 0 radical (unpaired) electrons. The molecular weight excluding hydrogens is 466 g/mol. The van der Waals surface area contributed by atoms with Crippen molar-refractivity contribution in [3.05, 3.63) is 0 Å². The number of rotatable bonds is 15. The monoisotopic (exact) mass is 503 g/mol. The number of carboxylic acid groups (broad SMARTS) is 5. The Morgan fingerprint density at radius 3 is 1.34 bits per heavy atom. The molecule has 0 aromatic rings. The number of hydrogen-bond donors (Lipinski definition) is 5. The smallest absolute Gasteiger partial charge is 0.317 e. The summed E-state index contributed by atoms with van der Waals surface area (Å²) in [6, 6.07) is -1.74. The van der Waals surface area contributed by atoms with Crippen LogP contribution in [0.5, 0.6) is 0 Å². The van der Waals surface area contributed by atoms with Crippen LogP contribution in [0.1, 0.15) is 46.5 Å². The van der Waals surface area contributed by atoms with Crippen LogP contribution in [-0.2, 0) is 24.0 Å². The summed E-state index contributed by atoms with van der Waals surface area (Å²) in [5, 5.41) is 47.0. The molecule has 0 unspecified atom stereocenters. The maximum Gasteiger partial charge on any atom is 0.317 e. The zero-order valence-corrected chi connectivity index (χ0v) is 20.4. The lowest BCUT2D eigenvalue weighted by Crippen LogP contribution is -2.61. The van der Waals surface area contributed by atoms with Gasteiger partial charge in [-0.25, -0.2) is 0 Å². The van der Waals surface area contributed by atoms with Gasteiger partial charge in [0.25, 0.3) is 0 Å². The first kappa shape index (κ1) is 30.3. The molecule has 35 heavy (non-hydrogen) atoms. The summed E-state index contributed by atoms with van der Waals surface area (Å²) in [4.78, 5) is 61.8. The van der Waals surface area contributed by atoms with Gasteiger partial charge in [-0.3, -0.25) is 38.7 Å². The predicted molar refractivity (Wildman–Crippen MR) is 122 cm³/mol. The van der Waals surface area contributed by atoms with E-state index in [4.69, 9.17) is 0 Å². The average molecular weight is 504 g/mol. The number of nitrogens with zero attached hydrogens (tertiary/aromatic N) is 3. The van der Waals surface area contributed by atoms with Crippen LogP contribution in [0.2, 0.25) is 0 Å². The zero-order valence-electron chi connectivity index (χ0n) is 20.4. The molecule has 1 rings (SSSR count). The fourth-order valence-electron chi connectivity index (χ4n) is 4.86. The third-order valence-electron chi connectivity index (χ3n) is 6.17. The van der Waals surface area contributed by atoms with Gasteiger partial charge in [-0.2, -0.15) is 0 Å². The maximum atomic E-state index is 11.8. The van der Waals surface area contributed by atoms with E-state index in [1.807, 2.05) is 0 Å². The first-order chi connectivity index (χ1) is 16.1. The van der Waals surface area contributed by atoms with Crippen molar-refractivity contribution in [2.45, 2.75) is 64.6 Å². The molecule has 0 saturated heterocycles. The van der Waals surface area contributed by atoms with Crippen LogP contribution in [0.25, 0.3) is 0 Å². The minimum absolute atomic E-state index is 0.00547. The third kappa shape index (κ3) is 10.6. The highest BCUT2D eigenvalue weighted by Crippen LogP contribution is 2.31. The second-order valence-corrected chi connectivity index (χ2v) is 10.0. The first-order valence-corrected chi connectivity index (χ1v) is 11.4. The first-order valence-electron chi connectivity index (χ1n) is 11.4. The Morgan fingerprint density at radius 2 is 1.00 bits per heavy atom. The molecular formula is C22H37N3O10. The van der Waals surface area contributed by atoms with Crippen molar-refractivity contribution in [2.75, 3.05) is 39.3 Å². The predicted octanol–water partition coefficient (Wildman–Crippen LogP) is 0.0413. The van der Waals surface area contributed by atoms with Crippen LogP contribution in [0.3, 0.4) is 0 Å². The Hall–Kier alpha value is -2.77. The fourth-order valence-corrected chi connectivity index (χ4v) is 4.86. The highest BCUT2D eigenvalue weighted by molar-refractivity contribution is 5.73. The van der Waals surface area contributed by atoms with Crippen molar-refractivity contribution in [3.63, 3.8) is 0 Å². The van der Waals surface area contributed by atoms with Gasteiger partial charge < -0.3 is 25.5 Å². The SMILES string of the molecule is CC(C)(C)[C@H](CN(CC(=O)O)[C@H]1CCCC[C@H]1N(CC(=O)O)CC(=O)O)N(CC(=O)O)CC(=O)O. The minimum atomic E-state index is -1.23. The zero-order chi connectivity index (χ0) is 26.9. The Bertz CT molecular complexity index is 750. The van der Waals surface area contributed by atoms with Crippen molar-refractivity contribution in [1.82, 2.24) is 14.7 Å². The van der Waals surface area contributed by atoms with E-state index in [9.17, 15) is 49.5 Å². The summed E-state index contributed by atoms with van der Waals surface area (Å²) >= 11 is 0. The number of hydrogen-bond acceptors (Lipinski definition) is 8. The van der Waals surface area contributed by atoms with E-state index >= 15 is 0 Å². The summed E-state index contributed by atoms with van der Waals surface area (Å²) in [5.74, 6) is -6.03. The van der Waals surface area contributed by atoms with Gasteiger partial charge in [-0.05, 0) is 18.3 Å². The molecule has 0 heterocycles. The van der Waals surface area contributed by atoms with Gasteiger partial charge in [0.2, 0.25) is 0 Å². The quantitative estimate of drug-likeness (QED) is 0.201. The van der Waals surface area contributed by atoms with Gasteiger partial charge in [0.15, 0.2) is 0 Å². The minimum Gasteiger partial charge on any atom is -0.480 e. The van der Waals surface area contributed by atoms with E-state index in [1.165, 1.54) is 9.80 Å². The standard InChI is InChI=1S/C22H37N3O10/c1-22(2,3)16(25(12-20(32)33)13-21(34)35)8-23(9-17(26)27)14-6-4-5-7-15(14)24(10-18(28)29)11-19(30)31/h14-16H,4-13H2,1-3H3,(H,26,27)(H,28,29)(H,30,31)(H,32,33)(H,34,35)/t14-,15+,16-/m0/s1. The Labute approximate surface area is 203 Å². The molecule has 0 aromatic heterocycles. The summed E-state index contributed by atoms with van der Waals surface area (Å²) in [6.07, 6.45) is 2.39. The van der Waals surface area contributed by atoms with Gasteiger partial charge in [-0.15, -0.1) is 0 Å². The normalized spacial score (nSPS) is 19.6. The Morgan fingerprint density at radius 1 is 0.657 bits per heavy atom. The molecule has 0 aliphatic heterocycles. The van der Waals surface area contributed by atoms with Crippen molar-refractivity contribution in [2.24, 2.45) is 5.41 Å². The molecule has 0 bridgehead atoms. The molecule has 1 fully saturated rings. The molecule has 200 valence electrons. The van der Waals surface area contributed by atoms with Crippen molar-refractivity contribution in [3.8, 4) is 0 Å². The van der Waals surface area contributed by atoms with Gasteiger partial charge in [0, 0.05) is 24.7 Å². The summed E-state index contributed by atoms with van der Waals surface area (Å²) < 4.78 is 0. The van der Waals surface area contributed by atoms with Crippen LogP contribution in [0.4, 0.5) is 0 Å². The Balaban J connectivity index is 3.42. The average Bonchev–Trinajstić information content (AvgIpc) is 2.67. The summed E-state index contributed by atoms with van der Waals surface area (Å²) in [5.41, 5.74) is -0.645. The molecule has 3 atom stereocenters. The number of carboxylic acids is 5. The number of carbonyl (C=O) groups is 5. The summed E-state index contributed by atoms with van der Waals surface area (Å²) in [6.45, 7) is 2.77. The van der Waals surface area contributed by atoms with Crippen molar-refractivity contribution in [1.29, 1.82) is 0 Å². The van der Waals surface area contributed by atoms with Gasteiger partial charge in [0.05, 0.1) is 32.7 Å². The highest BCUT2D eigenvalue weighted by Gasteiger charge is 2.40. The molecule has 13 heteroatoms. The van der Waals surface area contributed by atoms with E-state index in [0.717, 1.165) is 6.42 Å². The van der Waals surface area contributed by atoms with E-state index in [-0.39, 0.29) is 6.54 Å². The lowest BCUT2D eigenvalue weighted by Gasteiger charge is -2.47. The molecule has 1 aliphatic carbocycles. The van der Waals surface area contributed by atoms with Crippen LogP contribution in [0, 0.1) is 5.41 Å². The maximum absolute atomic E-state index is 11.8. The van der Waals surface area contributed by atoms with Crippen LogP contribution in [-0.4, -0.2) is 127 Å². The summed E-state index contributed by atoms with van der Waals surface area (Å²) in [7, 11) is 0. The van der Waals surface area contributed by atoms with E-state index in [2.05, 4.69) is 0 Å². The third-order valence-corrected chi connectivity index (χ3v) is 6.17. The van der Waals surface area contributed by atoms with E-state index in [1.54, 1.807) is 25.7 Å². The van der Waals surface area contributed by atoms with E-state index < -0.39 is 86.1 Å². The van der Waals surface area contributed by atoms with Gasteiger partial charge >= 0.3 is 29.8 Å². The van der Waals surface area contributed by atoms with E-state index in [0.29, 0.717) is 19.3 Å². The van der Waals surface area contributed by atoms with Crippen molar-refractivity contribution < 1.29 is 49.5 Å². The van der Waals surface area contributed by atoms with Crippen LogP contribution < -0.4 is 0 Å². The lowest BCUT2D eigenvalue weighted by atomic mass is 9.83. The van der Waals surface area contributed by atoms with Crippen molar-refractivity contribution >= 4 is 29.8 Å². The second-order valence-electron chi connectivity index (χ2n) is 10.0. The molecule has 0 spiro atoms. The molecule has 5 N–H and O–H groups in total. The van der Waals surface area contributed by atoms with Gasteiger partial charge in [-0.1, -0.05) is 33.6 Å². The topological polar surface area (TPSA) is 196 Å². The lowest BCUT2D eigenvalue weighted by molar-refractivity contribution is -0.147. The second kappa shape index (κ2) is 13.4. The molecule has 1 aliphatic rings. The fraction of sp³-hybridized carbons (Fsp3) is 0.773.